The van der Waals surface area contributed by atoms with E-state index in [1.807, 2.05) is 30.3 Å². The van der Waals surface area contributed by atoms with Crippen LogP contribution in [0.15, 0.2) is 41.2 Å². The Labute approximate surface area is 111 Å². The Morgan fingerprint density at radius 3 is 2.58 bits per heavy atom. The van der Waals surface area contributed by atoms with Crippen molar-refractivity contribution in [1.29, 1.82) is 0 Å². The fourth-order valence-corrected chi connectivity index (χ4v) is 2.52. The summed E-state index contributed by atoms with van der Waals surface area (Å²) >= 11 is 0. The summed E-state index contributed by atoms with van der Waals surface area (Å²) in [4.78, 5) is 19.4. The molecule has 1 aromatic carbocycles. The minimum absolute atomic E-state index is 0.0672. The summed E-state index contributed by atoms with van der Waals surface area (Å²) in [7, 11) is 0. The molecule has 19 heavy (non-hydrogen) atoms. The maximum Gasteiger partial charge on any atom is 0.251 e. The SMILES string of the molecule is O=c1cc(-c2ccccc2)nc(C2CCNCC2)[nH]1. The molecule has 0 radical (unpaired) electrons. The number of H-pyrrole nitrogens is 1. The third kappa shape index (κ3) is 2.74. The summed E-state index contributed by atoms with van der Waals surface area (Å²) in [5.41, 5.74) is 1.68. The maximum atomic E-state index is 11.8. The van der Waals surface area contributed by atoms with Gasteiger partial charge in [-0.2, -0.15) is 0 Å². The van der Waals surface area contributed by atoms with Crippen LogP contribution in [0.1, 0.15) is 24.6 Å². The normalized spacial score (nSPS) is 16.4. The lowest BCUT2D eigenvalue weighted by Gasteiger charge is -2.21. The van der Waals surface area contributed by atoms with Crippen molar-refractivity contribution in [2.75, 3.05) is 13.1 Å². The van der Waals surface area contributed by atoms with Crippen molar-refractivity contribution >= 4 is 0 Å². The average Bonchev–Trinajstić information content (AvgIpc) is 2.48. The van der Waals surface area contributed by atoms with Crippen molar-refractivity contribution in [1.82, 2.24) is 15.3 Å². The van der Waals surface area contributed by atoms with E-state index >= 15 is 0 Å². The van der Waals surface area contributed by atoms with Crippen molar-refractivity contribution < 1.29 is 0 Å². The number of nitrogens with zero attached hydrogens (tertiary/aromatic N) is 1. The first-order chi connectivity index (χ1) is 9.33. The molecule has 0 amide bonds. The average molecular weight is 255 g/mol. The van der Waals surface area contributed by atoms with Gasteiger partial charge in [0, 0.05) is 17.5 Å². The van der Waals surface area contributed by atoms with Gasteiger partial charge < -0.3 is 10.3 Å². The van der Waals surface area contributed by atoms with Gasteiger partial charge in [0.05, 0.1) is 5.69 Å². The van der Waals surface area contributed by atoms with Crippen LogP contribution in [0.2, 0.25) is 0 Å². The van der Waals surface area contributed by atoms with Gasteiger partial charge in [-0.05, 0) is 25.9 Å². The zero-order valence-corrected chi connectivity index (χ0v) is 10.7. The highest BCUT2D eigenvalue weighted by atomic mass is 16.1. The minimum Gasteiger partial charge on any atom is -0.317 e. The van der Waals surface area contributed by atoms with Crippen LogP contribution < -0.4 is 10.9 Å². The van der Waals surface area contributed by atoms with Gasteiger partial charge in [0.15, 0.2) is 0 Å². The van der Waals surface area contributed by atoms with Gasteiger partial charge in [0.25, 0.3) is 5.56 Å². The molecule has 3 rings (SSSR count). The molecule has 4 heteroatoms. The summed E-state index contributed by atoms with van der Waals surface area (Å²) < 4.78 is 0. The predicted octanol–water partition coefficient (Wildman–Crippen LogP) is 1.90. The molecule has 0 aliphatic carbocycles. The van der Waals surface area contributed by atoms with E-state index in [9.17, 15) is 4.79 Å². The van der Waals surface area contributed by atoms with Crippen molar-refractivity contribution in [2.45, 2.75) is 18.8 Å². The Bertz CT molecular complexity index is 600. The molecular formula is C15H17N3O. The quantitative estimate of drug-likeness (QED) is 0.861. The Morgan fingerprint density at radius 2 is 1.84 bits per heavy atom. The Morgan fingerprint density at radius 1 is 1.11 bits per heavy atom. The van der Waals surface area contributed by atoms with Crippen LogP contribution in [0.4, 0.5) is 0 Å². The highest BCUT2D eigenvalue weighted by Gasteiger charge is 2.18. The third-order valence-corrected chi connectivity index (χ3v) is 3.56. The first-order valence-electron chi connectivity index (χ1n) is 6.70. The molecule has 1 aliphatic rings. The van der Waals surface area contributed by atoms with E-state index in [0.717, 1.165) is 43.0 Å². The Hall–Kier alpha value is -1.94. The number of aromatic amines is 1. The topological polar surface area (TPSA) is 57.8 Å². The summed E-state index contributed by atoms with van der Waals surface area (Å²) in [5.74, 6) is 1.19. The second kappa shape index (κ2) is 5.36. The molecule has 98 valence electrons. The van der Waals surface area contributed by atoms with E-state index in [1.54, 1.807) is 6.07 Å². The van der Waals surface area contributed by atoms with E-state index in [4.69, 9.17) is 0 Å². The first kappa shape index (κ1) is 12.1. The van der Waals surface area contributed by atoms with Gasteiger partial charge in [-0.15, -0.1) is 0 Å². The molecule has 1 saturated heterocycles. The van der Waals surface area contributed by atoms with Gasteiger partial charge in [-0.1, -0.05) is 30.3 Å². The van der Waals surface area contributed by atoms with Gasteiger partial charge in [-0.25, -0.2) is 4.98 Å². The number of hydrogen-bond acceptors (Lipinski definition) is 3. The molecule has 0 spiro atoms. The van der Waals surface area contributed by atoms with E-state index in [1.165, 1.54) is 0 Å². The fourth-order valence-electron chi connectivity index (χ4n) is 2.52. The molecule has 2 N–H and O–H groups in total. The minimum atomic E-state index is -0.0672. The lowest BCUT2D eigenvalue weighted by atomic mass is 9.97. The van der Waals surface area contributed by atoms with Crippen LogP contribution in [0.5, 0.6) is 0 Å². The molecule has 0 saturated carbocycles. The lowest BCUT2D eigenvalue weighted by molar-refractivity contribution is 0.444. The van der Waals surface area contributed by atoms with Crippen molar-refractivity contribution in [3.05, 3.63) is 52.6 Å². The van der Waals surface area contributed by atoms with Crippen LogP contribution in [-0.2, 0) is 0 Å². The molecule has 1 fully saturated rings. The molecule has 0 atom stereocenters. The van der Waals surface area contributed by atoms with Crippen LogP contribution in [-0.4, -0.2) is 23.1 Å². The van der Waals surface area contributed by atoms with Crippen molar-refractivity contribution in [2.24, 2.45) is 0 Å². The number of rotatable bonds is 2. The summed E-state index contributed by atoms with van der Waals surface area (Å²) in [5, 5.41) is 3.33. The number of nitrogens with one attached hydrogen (secondary N) is 2. The lowest BCUT2D eigenvalue weighted by Crippen LogP contribution is -2.28. The standard InChI is InChI=1S/C15H17N3O/c19-14-10-13(11-4-2-1-3-5-11)17-15(18-14)12-6-8-16-9-7-12/h1-5,10,12,16H,6-9H2,(H,17,18,19). The van der Waals surface area contributed by atoms with Crippen LogP contribution >= 0.6 is 0 Å². The second-order valence-electron chi connectivity index (χ2n) is 4.91. The second-order valence-corrected chi connectivity index (χ2v) is 4.91. The number of aromatic nitrogens is 2. The molecule has 1 aliphatic heterocycles. The van der Waals surface area contributed by atoms with Crippen molar-refractivity contribution in [3.63, 3.8) is 0 Å². The third-order valence-electron chi connectivity index (χ3n) is 3.56. The van der Waals surface area contributed by atoms with Gasteiger partial charge in [0.2, 0.25) is 0 Å². The Balaban J connectivity index is 1.98. The number of hydrogen-bond donors (Lipinski definition) is 2. The summed E-state index contributed by atoms with van der Waals surface area (Å²) in [6, 6.07) is 11.4. The highest BCUT2D eigenvalue weighted by molar-refractivity contribution is 5.58. The molecule has 1 aromatic heterocycles. The fraction of sp³-hybridized carbons (Fsp3) is 0.333. The number of piperidine rings is 1. The monoisotopic (exact) mass is 255 g/mol. The summed E-state index contributed by atoms with van der Waals surface area (Å²) in [6.45, 7) is 1.98. The first-order valence-corrected chi connectivity index (χ1v) is 6.70. The molecular weight excluding hydrogens is 238 g/mol. The van der Waals surface area contributed by atoms with Crippen LogP contribution in [0.25, 0.3) is 11.3 Å². The van der Waals surface area contributed by atoms with Gasteiger partial charge >= 0.3 is 0 Å². The van der Waals surface area contributed by atoms with Crippen LogP contribution in [0.3, 0.4) is 0 Å². The predicted molar refractivity (Wildman–Crippen MR) is 75.1 cm³/mol. The number of benzene rings is 1. The Kier molecular flexibility index (Phi) is 3.42. The zero-order chi connectivity index (χ0) is 13.1. The van der Waals surface area contributed by atoms with E-state index in [-0.39, 0.29) is 5.56 Å². The van der Waals surface area contributed by atoms with Gasteiger partial charge in [-0.3, -0.25) is 4.79 Å². The zero-order valence-electron chi connectivity index (χ0n) is 10.7. The smallest absolute Gasteiger partial charge is 0.251 e. The highest BCUT2D eigenvalue weighted by Crippen LogP contribution is 2.23. The molecule has 0 unspecified atom stereocenters. The summed E-state index contributed by atoms with van der Waals surface area (Å²) in [6.07, 6.45) is 2.06. The van der Waals surface area contributed by atoms with Gasteiger partial charge in [0.1, 0.15) is 5.82 Å². The van der Waals surface area contributed by atoms with Crippen molar-refractivity contribution in [3.8, 4) is 11.3 Å². The maximum absolute atomic E-state index is 11.8. The molecule has 2 aromatic rings. The van der Waals surface area contributed by atoms with E-state index in [0.29, 0.717) is 5.92 Å². The van der Waals surface area contributed by atoms with E-state index in [2.05, 4.69) is 15.3 Å². The van der Waals surface area contributed by atoms with E-state index < -0.39 is 0 Å². The molecule has 4 nitrogen and oxygen atoms in total. The molecule has 2 heterocycles. The van der Waals surface area contributed by atoms with Crippen LogP contribution in [0, 0.1) is 0 Å². The molecule has 0 bridgehead atoms. The largest absolute Gasteiger partial charge is 0.317 e.